The number of H-pyrrole nitrogens is 2. The molecule has 104 valence electrons. The minimum atomic E-state index is -0.345. The van der Waals surface area contributed by atoms with E-state index in [2.05, 4.69) is 25.9 Å². The number of alkyl halides is 1. The summed E-state index contributed by atoms with van der Waals surface area (Å²) in [6, 6.07) is 5.60. The molecule has 0 aliphatic rings. The van der Waals surface area contributed by atoms with Crippen molar-refractivity contribution < 1.29 is 4.74 Å². The largest absolute Gasteiger partial charge is 0.496 e. The Morgan fingerprint density at radius 3 is 2.75 bits per heavy atom. The standard InChI is InChI=1S/C13H10BrClN2O2S/c1-19-10-2-3-20-12(10)11(15)6-4-8-9(5-7(6)14)17-13(18)16-8/h2-5,11H,1H3,(H2,16,17,18). The Balaban J connectivity index is 2.13. The van der Waals surface area contributed by atoms with Gasteiger partial charge in [0.1, 0.15) is 5.75 Å². The number of halogens is 2. The van der Waals surface area contributed by atoms with Gasteiger partial charge in [-0.2, -0.15) is 0 Å². The van der Waals surface area contributed by atoms with Crippen LogP contribution in [-0.2, 0) is 0 Å². The number of thiophene rings is 1. The first kappa shape index (κ1) is 13.7. The first-order valence-corrected chi connectivity index (χ1v) is 7.88. The zero-order valence-corrected chi connectivity index (χ0v) is 13.5. The van der Waals surface area contributed by atoms with Crippen molar-refractivity contribution in [2.24, 2.45) is 0 Å². The van der Waals surface area contributed by atoms with Gasteiger partial charge in [-0.15, -0.1) is 22.9 Å². The minimum Gasteiger partial charge on any atom is -0.496 e. The predicted octanol–water partition coefficient (Wildman–Crippen LogP) is 4.02. The average Bonchev–Trinajstić information content (AvgIpc) is 3.01. The van der Waals surface area contributed by atoms with Gasteiger partial charge in [-0.3, -0.25) is 0 Å². The van der Waals surface area contributed by atoms with Crippen LogP contribution in [0.15, 0.2) is 32.8 Å². The summed E-state index contributed by atoms with van der Waals surface area (Å²) in [6.07, 6.45) is 0. The van der Waals surface area contributed by atoms with Crippen molar-refractivity contribution in [1.82, 2.24) is 9.97 Å². The van der Waals surface area contributed by atoms with E-state index in [1.165, 1.54) is 11.3 Å². The molecular formula is C13H10BrClN2O2S. The normalized spacial score (nSPS) is 12.8. The molecule has 7 heteroatoms. The Hall–Kier alpha value is -1.24. The third-order valence-corrected chi connectivity index (χ3v) is 5.25. The molecule has 3 aromatic rings. The fourth-order valence-electron chi connectivity index (χ4n) is 2.07. The molecule has 0 aliphatic carbocycles. The highest BCUT2D eigenvalue weighted by atomic mass is 79.9. The van der Waals surface area contributed by atoms with Crippen LogP contribution in [0.3, 0.4) is 0 Å². The SMILES string of the molecule is COc1ccsc1C(Cl)c1cc2[nH]c(=O)[nH]c2cc1Br. The lowest BCUT2D eigenvalue weighted by molar-refractivity contribution is 0.413. The number of fused-ring (bicyclic) bond motifs is 1. The fraction of sp³-hybridized carbons (Fsp3) is 0.154. The van der Waals surface area contributed by atoms with Gasteiger partial charge in [0.15, 0.2) is 0 Å². The Morgan fingerprint density at radius 2 is 2.05 bits per heavy atom. The van der Waals surface area contributed by atoms with Crippen LogP contribution < -0.4 is 10.4 Å². The third kappa shape index (κ3) is 2.28. The van der Waals surface area contributed by atoms with Gasteiger partial charge in [-0.1, -0.05) is 15.9 Å². The molecule has 0 fully saturated rings. The van der Waals surface area contributed by atoms with Crippen molar-refractivity contribution >= 4 is 49.9 Å². The van der Waals surface area contributed by atoms with Gasteiger partial charge in [0, 0.05) is 4.47 Å². The molecule has 20 heavy (non-hydrogen) atoms. The topological polar surface area (TPSA) is 57.9 Å². The van der Waals surface area contributed by atoms with E-state index in [9.17, 15) is 4.79 Å². The second-order valence-corrected chi connectivity index (χ2v) is 6.45. The molecule has 2 N–H and O–H groups in total. The highest BCUT2D eigenvalue weighted by Gasteiger charge is 2.20. The molecule has 3 rings (SSSR count). The maximum Gasteiger partial charge on any atom is 0.323 e. The molecule has 2 aromatic heterocycles. The summed E-state index contributed by atoms with van der Waals surface area (Å²) in [7, 11) is 1.62. The number of aromatic amines is 2. The van der Waals surface area contributed by atoms with Crippen molar-refractivity contribution in [3.63, 3.8) is 0 Å². The first-order valence-electron chi connectivity index (χ1n) is 5.77. The second kappa shape index (κ2) is 5.27. The Labute approximate surface area is 131 Å². The predicted molar refractivity (Wildman–Crippen MR) is 85.2 cm³/mol. The summed E-state index contributed by atoms with van der Waals surface area (Å²) in [5, 5.41) is 1.59. The summed E-state index contributed by atoms with van der Waals surface area (Å²) < 4.78 is 6.15. The summed E-state index contributed by atoms with van der Waals surface area (Å²) in [6.45, 7) is 0. The van der Waals surface area contributed by atoms with E-state index in [0.29, 0.717) is 0 Å². The van der Waals surface area contributed by atoms with Gasteiger partial charge in [0.05, 0.1) is 28.4 Å². The summed E-state index contributed by atoms with van der Waals surface area (Å²) in [4.78, 5) is 17.7. The Kier molecular flexibility index (Phi) is 3.62. The maximum absolute atomic E-state index is 11.3. The van der Waals surface area contributed by atoms with Crippen LogP contribution in [0, 0.1) is 0 Å². The van der Waals surface area contributed by atoms with Crippen molar-refractivity contribution in [3.05, 3.63) is 49.0 Å². The lowest BCUT2D eigenvalue weighted by Gasteiger charge is -2.12. The third-order valence-electron chi connectivity index (χ3n) is 3.01. The Bertz CT molecular complexity index is 823. The van der Waals surface area contributed by atoms with Crippen molar-refractivity contribution in [3.8, 4) is 5.75 Å². The molecule has 1 aromatic carbocycles. The summed E-state index contributed by atoms with van der Waals surface area (Å²) in [5.41, 5.74) is 2.13. The molecule has 0 saturated heterocycles. The molecule has 0 bridgehead atoms. The van der Waals surface area contributed by atoms with Gasteiger partial charge >= 0.3 is 5.69 Å². The number of ether oxygens (including phenoxy) is 1. The highest BCUT2D eigenvalue weighted by Crippen LogP contribution is 2.42. The van der Waals surface area contributed by atoms with Crippen molar-refractivity contribution in [2.75, 3.05) is 7.11 Å². The first-order chi connectivity index (χ1) is 9.60. The maximum atomic E-state index is 11.3. The number of rotatable bonds is 3. The molecule has 4 nitrogen and oxygen atoms in total. The number of benzene rings is 1. The molecular weight excluding hydrogens is 364 g/mol. The van der Waals surface area contributed by atoms with Crippen LogP contribution >= 0.6 is 38.9 Å². The van der Waals surface area contributed by atoms with E-state index >= 15 is 0 Å². The number of hydrogen-bond acceptors (Lipinski definition) is 3. The van der Waals surface area contributed by atoms with E-state index < -0.39 is 0 Å². The number of aromatic nitrogens is 2. The minimum absolute atomic E-state index is 0.233. The number of nitrogens with one attached hydrogen (secondary N) is 2. The van der Waals surface area contributed by atoms with E-state index in [-0.39, 0.29) is 11.1 Å². The Morgan fingerprint density at radius 1 is 1.35 bits per heavy atom. The second-order valence-electron chi connectivity index (χ2n) is 4.21. The molecule has 0 saturated carbocycles. The highest BCUT2D eigenvalue weighted by molar-refractivity contribution is 9.10. The van der Waals surface area contributed by atoms with E-state index in [1.807, 2.05) is 23.6 Å². The summed E-state index contributed by atoms with van der Waals surface area (Å²) in [5.74, 6) is 0.768. The number of imidazole rings is 1. The van der Waals surface area contributed by atoms with Crippen LogP contribution in [0.4, 0.5) is 0 Å². The molecule has 0 amide bonds. The van der Waals surface area contributed by atoms with Gasteiger partial charge in [0.2, 0.25) is 0 Å². The molecule has 2 heterocycles. The van der Waals surface area contributed by atoms with Crippen molar-refractivity contribution in [1.29, 1.82) is 0 Å². The number of hydrogen-bond donors (Lipinski definition) is 2. The zero-order chi connectivity index (χ0) is 14.3. The van der Waals surface area contributed by atoms with Gasteiger partial charge < -0.3 is 14.7 Å². The van der Waals surface area contributed by atoms with E-state index in [1.54, 1.807) is 7.11 Å². The van der Waals surface area contributed by atoms with Gasteiger partial charge in [-0.25, -0.2) is 4.79 Å². The van der Waals surface area contributed by atoms with Crippen LogP contribution in [0.2, 0.25) is 0 Å². The molecule has 1 unspecified atom stereocenters. The van der Waals surface area contributed by atoms with Crippen LogP contribution in [0.25, 0.3) is 11.0 Å². The zero-order valence-electron chi connectivity index (χ0n) is 10.4. The molecule has 0 spiro atoms. The van der Waals surface area contributed by atoms with E-state index in [0.717, 1.165) is 31.7 Å². The fourth-order valence-corrected chi connectivity index (χ4v) is 4.07. The quantitative estimate of drug-likeness (QED) is 0.681. The smallest absolute Gasteiger partial charge is 0.323 e. The molecule has 0 aliphatic heterocycles. The van der Waals surface area contributed by atoms with Gasteiger partial charge in [-0.05, 0) is 29.1 Å². The molecule has 1 atom stereocenters. The van der Waals surface area contributed by atoms with Crippen LogP contribution in [0.5, 0.6) is 5.75 Å². The van der Waals surface area contributed by atoms with E-state index in [4.69, 9.17) is 16.3 Å². The van der Waals surface area contributed by atoms with Crippen LogP contribution in [0.1, 0.15) is 15.8 Å². The lowest BCUT2D eigenvalue weighted by Crippen LogP contribution is -1.99. The van der Waals surface area contributed by atoms with Crippen LogP contribution in [-0.4, -0.2) is 17.1 Å². The molecule has 0 radical (unpaired) electrons. The van der Waals surface area contributed by atoms with Crippen molar-refractivity contribution in [2.45, 2.75) is 5.38 Å². The average molecular weight is 374 g/mol. The monoisotopic (exact) mass is 372 g/mol. The summed E-state index contributed by atoms with van der Waals surface area (Å²) >= 11 is 11.6. The number of methoxy groups -OCH3 is 1. The lowest BCUT2D eigenvalue weighted by atomic mass is 10.1. The van der Waals surface area contributed by atoms with Gasteiger partial charge in [0.25, 0.3) is 0 Å².